The van der Waals surface area contributed by atoms with Crippen LogP contribution in [-0.4, -0.2) is 17.5 Å². The molecule has 4 heteroatoms. The molecule has 1 N–H and O–H groups in total. The molecular weight excluding hydrogens is 254 g/mol. The molecular formula is C16H13NO3. The van der Waals surface area contributed by atoms with Crippen LogP contribution in [0.3, 0.4) is 0 Å². The van der Waals surface area contributed by atoms with Crippen molar-refractivity contribution in [2.75, 3.05) is 5.32 Å². The quantitative estimate of drug-likeness (QED) is 0.684. The Morgan fingerprint density at radius 3 is 1.95 bits per heavy atom. The first-order chi connectivity index (χ1) is 9.58. The summed E-state index contributed by atoms with van der Waals surface area (Å²) in [6.45, 7) is 1.46. The van der Waals surface area contributed by atoms with Crippen LogP contribution in [0.5, 0.6) is 0 Å². The number of carbonyl (C=O) groups excluding carboxylic acids is 3. The highest BCUT2D eigenvalue weighted by Crippen LogP contribution is 2.11. The predicted octanol–water partition coefficient (Wildman–Crippen LogP) is 2.71. The lowest BCUT2D eigenvalue weighted by molar-refractivity contribution is -0.112. The van der Waals surface area contributed by atoms with Crippen LogP contribution in [0.2, 0.25) is 0 Å². The van der Waals surface area contributed by atoms with Gasteiger partial charge in [-0.15, -0.1) is 0 Å². The van der Waals surface area contributed by atoms with Crippen LogP contribution < -0.4 is 5.32 Å². The molecule has 1 amide bonds. The van der Waals surface area contributed by atoms with Crippen molar-refractivity contribution in [3.05, 3.63) is 65.7 Å². The molecule has 4 nitrogen and oxygen atoms in total. The van der Waals surface area contributed by atoms with Crippen molar-refractivity contribution in [2.24, 2.45) is 0 Å². The van der Waals surface area contributed by atoms with Crippen molar-refractivity contribution < 1.29 is 14.4 Å². The number of ketones is 2. The predicted molar refractivity (Wildman–Crippen MR) is 75.8 cm³/mol. The molecule has 0 saturated heterocycles. The number of anilines is 1. The molecule has 0 saturated carbocycles. The third-order valence-corrected chi connectivity index (χ3v) is 2.79. The lowest BCUT2D eigenvalue weighted by Gasteiger charge is -2.05. The average Bonchev–Trinajstić information content (AvgIpc) is 2.48. The zero-order valence-corrected chi connectivity index (χ0v) is 10.9. The molecule has 20 heavy (non-hydrogen) atoms. The van der Waals surface area contributed by atoms with Gasteiger partial charge in [-0.1, -0.05) is 30.3 Å². The van der Waals surface area contributed by atoms with Crippen molar-refractivity contribution in [1.82, 2.24) is 0 Å². The van der Waals surface area contributed by atoms with Gasteiger partial charge >= 0.3 is 0 Å². The van der Waals surface area contributed by atoms with Crippen molar-refractivity contribution in [2.45, 2.75) is 6.92 Å². The molecule has 0 radical (unpaired) electrons. The van der Waals surface area contributed by atoms with Crippen LogP contribution in [0.1, 0.15) is 27.6 Å². The van der Waals surface area contributed by atoms with Gasteiger partial charge in [0.1, 0.15) is 0 Å². The maximum Gasteiger partial charge on any atom is 0.296 e. The monoisotopic (exact) mass is 267 g/mol. The molecule has 0 atom stereocenters. The molecule has 0 spiro atoms. The first-order valence-electron chi connectivity index (χ1n) is 6.09. The van der Waals surface area contributed by atoms with Crippen LogP contribution >= 0.6 is 0 Å². The van der Waals surface area contributed by atoms with Crippen molar-refractivity contribution in [3.63, 3.8) is 0 Å². The van der Waals surface area contributed by atoms with Crippen LogP contribution in [0, 0.1) is 0 Å². The van der Waals surface area contributed by atoms with Gasteiger partial charge in [-0.25, -0.2) is 0 Å². The first kappa shape index (κ1) is 13.7. The fourth-order valence-corrected chi connectivity index (χ4v) is 1.70. The molecule has 0 aliphatic carbocycles. The number of Topliss-reactive ketones (excluding diaryl/α,β-unsaturated/α-hetero) is 2. The normalized spacial score (nSPS) is 9.85. The number of benzene rings is 2. The molecule has 0 bridgehead atoms. The molecule has 0 aliphatic rings. The van der Waals surface area contributed by atoms with E-state index in [0.717, 1.165) is 0 Å². The fraction of sp³-hybridized carbons (Fsp3) is 0.0625. The van der Waals surface area contributed by atoms with E-state index in [0.29, 0.717) is 16.8 Å². The number of nitrogens with one attached hydrogen (secondary N) is 1. The smallest absolute Gasteiger partial charge is 0.296 e. The largest absolute Gasteiger partial charge is 0.319 e. The highest BCUT2D eigenvalue weighted by molar-refractivity contribution is 6.46. The van der Waals surface area contributed by atoms with Crippen LogP contribution in [0.15, 0.2) is 54.6 Å². The van der Waals surface area contributed by atoms with E-state index in [4.69, 9.17) is 0 Å². The minimum Gasteiger partial charge on any atom is -0.319 e. The molecule has 0 fully saturated rings. The molecule has 0 aromatic heterocycles. The molecule has 100 valence electrons. The molecule has 0 unspecified atom stereocenters. The summed E-state index contributed by atoms with van der Waals surface area (Å²) < 4.78 is 0. The highest BCUT2D eigenvalue weighted by atomic mass is 16.2. The van der Waals surface area contributed by atoms with Crippen molar-refractivity contribution in [3.8, 4) is 0 Å². The van der Waals surface area contributed by atoms with Crippen molar-refractivity contribution >= 4 is 23.2 Å². The Balaban J connectivity index is 2.08. The van der Waals surface area contributed by atoms with E-state index in [1.165, 1.54) is 6.92 Å². The number of amides is 1. The first-order valence-corrected chi connectivity index (χ1v) is 6.09. The van der Waals surface area contributed by atoms with Crippen molar-refractivity contribution in [1.29, 1.82) is 0 Å². The van der Waals surface area contributed by atoms with Gasteiger partial charge in [0.05, 0.1) is 0 Å². The summed E-state index contributed by atoms with van der Waals surface area (Å²) in [5.74, 6) is -1.35. The maximum absolute atomic E-state index is 11.9. The second-order valence-electron chi connectivity index (χ2n) is 4.28. The summed E-state index contributed by atoms with van der Waals surface area (Å²) >= 11 is 0. The summed E-state index contributed by atoms with van der Waals surface area (Å²) in [4.78, 5) is 34.8. The van der Waals surface area contributed by atoms with E-state index in [1.54, 1.807) is 54.6 Å². The summed E-state index contributed by atoms with van der Waals surface area (Å²) in [5, 5.41) is 2.51. The molecule has 2 aromatic carbocycles. The SMILES string of the molecule is CC(=O)c1ccc(NC(=O)C(=O)c2ccccc2)cc1. The maximum atomic E-state index is 11.9. The van der Waals surface area contributed by atoms with Crippen LogP contribution in [0.4, 0.5) is 5.69 Å². The van der Waals surface area contributed by atoms with E-state index < -0.39 is 11.7 Å². The molecule has 2 rings (SSSR count). The van der Waals surface area contributed by atoms with E-state index in [2.05, 4.69) is 5.32 Å². The Morgan fingerprint density at radius 1 is 0.800 bits per heavy atom. The second-order valence-corrected chi connectivity index (χ2v) is 4.28. The molecule has 0 heterocycles. The van der Waals surface area contributed by atoms with Gasteiger partial charge in [0.25, 0.3) is 11.7 Å². The van der Waals surface area contributed by atoms with Gasteiger partial charge < -0.3 is 5.32 Å². The third kappa shape index (κ3) is 3.17. The Morgan fingerprint density at radius 2 is 1.40 bits per heavy atom. The summed E-state index contributed by atoms with van der Waals surface area (Å²) in [5.41, 5.74) is 1.37. The Bertz CT molecular complexity index is 645. The second kappa shape index (κ2) is 5.93. The van der Waals surface area contributed by atoms with E-state index in [9.17, 15) is 14.4 Å². The zero-order valence-electron chi connectivity index (χ0n) is 10.9. The molecule has 2 aromatic rings. The van der Waals surface area contributed by atoms with Gasteiger partial charge in [-0.05, 0) is 31.2 Å². The summed E-state index contributed by atoms with van der Waals surface area (Å²) in [6.07, 6.45) is 0. The Kier molecular flexibility index (Phi) is 4.05. The fourth-order valence-electron chi connectivity index (χ4n) is 1.70. The minimum atomic E-state index is -0.702. The molecule has 0 aliphatic heterocycles. The van der Waals surface area contributed by atoms with Gasteiger partial charge in [0, 0.05) is 16.8 Å². The Hall–Kier alpha value is -2.75. The van der Waals surface area contributed by atoms with E-state index in [1.807, 2.05) is 0 Å². The highest BCUT2D eigenvalue weighted by Gasteiger charge is 2.15. The van der Waals surface area contributed by atoms with Gasteiger partial charge in [0.15, 0.2) is 5.78 Å². The number of hydrogen-bond donors (Lipinski definition) is 1. The minimum absolute atomic E-state index is 0.0526. The van der Waals surface area contributed by atoms with E-state index in [-0.39, 0.29) is 5.78 Å². The summed E-state index contributed by atoms with van der Waals surface area (Å²) in [7, 11) is 0. The number of carbonyl (C=O) groups is 3. The standard InChI is InChI=1S/C16H13NO3/c1-11(18)12-7-9-14(10-8-12)17-16(20)15(19)13-5-3-2-4-6-13/h2-10H,1H3,(H,17,20). The number of hydrogen-bond acceptors (Lipinski definition) is 3. The zero-order chi connectivity index (χ0) is 14.5. The topological polar surface area (TPSA) is 63.2 Å². The Labute approximate surface area is 116 Å². The average molecular weight is 267 g/mol. The van der Waals surface area contributed by atoms with E-state index >= 15 is 0 Å². The third-order valence-electron chi connectivity index (χ3n) is 2.79. The number of rotatable bonds is 4. The van der Waals surface area contributed by atoms with Crippen LogP contribution in [-0.2, 0) is 4.79 Å². The lowest BCUT2D eigenvalue weighted by atomic mass is 10.1. The van der Waals surface area contributed by atoms with Gasteiger partial charge in [-0.2, -0.15) is 0 Å². The van der Waals surface area contributed by atoms with Gasteiger partial charge in [-0.3, -0.25) is 14.4 Å². The lowest BCUT2D eigenvalue weighted by Crippen LogP contribution is -2.22. The summed E-state index contributed by atoms with van der Waals surface area (Å²) in [6, 6.07) is 14.7. The van der Waals surface area contributed by atoms with Gasteiger partial charge in [0.2, 0.25) is 0 Å². The van der Waals surface area contributed by atoms with Crippen LogP contribution in [0.25, 0.3) is 0 Å².